The quantitative estimate of drug-likeness (QED) is 0.130. The van der Waals surface area contributed by atoms with Crippen LogP contribution in [0.5, 0.6) is 0 Å². The summed E-state index contributed by atoms with van der Waals surface area (Å²) in [5.74, 6) is 1.96. The summed E-state index contributed by atoms with van der Waals surface area (Å²) in [4.78, 5) is 16.2. The molecule has 0 saturated heterocycles. The zero-order valence-electron chi connectivity index (χ0n) is 48.4. The van der Waals surface area contributed by atoms with Gasteiger partial charge in [0.25, 0.3) is 0 Å². The maximum atomic E-state index is 12.7. The highest BCUT2D eigenvalue weighted by atomic mass is 79.9. The van der Waals surface area contributed by atoms with Crippen LogP contribution in [0.15, 0.2) is 175 Å². The average molecular weight is 1200 g/mol. The van der Waals surface area contributed by atoms with E-state index in [2.05, 4.69) is 95.6 Å². The van der Waals surface area contributed by atoms with Gasteiger partial charge in [0.1, 0.15) is 0 Å². The molecule has 1 heterocycles. The molecule has 3 aliphatic rings. The van der Waals surface area contributed by atoms with E-state index in [-0.39, 0.29) is 17.9 Å². The first kappa shape index (κ1) is 76.0. The smallest absolute Gasteiger partial charge is 0.216 e. The first-order chi connectivity index (χ1) is 37.5. The van der Waals surface area contributed by atoms with E-state index in [0.717, 1.165) is 69.5 Å². The Morgan fingerprint density at radius 2 is 1.32 bits per heavy atom. The van der Waals surface area contributed by atoms with Crippen molar-refractivity contribution in [1.82, 2.24) is 0 Å². The lowest BCUT2D eigenvalue weighted by Gasteiger charge is -2.59. The fourth-order valence-corrected chi connectivity index (χ4v) is 11.0. The molecule has 2 nitrogen and oxygen atoms in total. The Bertz CT molecular complexity index is 2440. The van der Waals surface area contributed by atoms with E-state index in [9.17, 15) is 30.7 Å². The molecule has 0 bridgehead atoms. The lowest BCUT2D eigenvalue weighted by Crippen LogP contribution is -2.50. The van der Waals surface area contributed by atoms with Crippen molar-refractivity contribution in [2.24, 2.45) is 39.4 Å². The SMILES string of the molecule is C/C=C/F.C=CC.CC(/C=C/F)CCCC(C)(C)C.CC1(C)CCC[C@]2(C)[C@H]3CC[C@](C)(/C=C/F)CC3=CC[C@@H]12.Cc1ccc(/C=C/F)cc1.F/C=C/Cl.F/C=C/c1ccc(Br)cc1.F/C=C/c1csc2ccccc12.O=C=O. The van der Waals surface area contributed by atoms with Crippen LogP contribution in [0.1, 0.15) is 156 Å². The van der Waals surface area contributed by atoms with Crippen LogP contribution in [0.4, 0.5) is 30.7 Å². The Morgan fingerprint density at radius 1 is 0.785 bits per heavy atom. The third-order valence-corrected chi connectivity index (χ3v) is 15.2. The Balaban J connectivity index is 0. The molecule has 1 aromatic heterocycles. The van der Waals surface area contributed by atoms with E-state index < -0.39 is 0 Å². The predicted molar refractivity (Wildman–Crippen MR) is 331 cm³/mol. The number of benzene rings is 3. The van der Waals surface area contributed by atoms with Gasteiger partial charge < -0.3 is 0 Å². The molecule has 12 heteroatoms. The van der Waals surface area contributed by atoms with Gasteiger partial charge in [-0.25, -0.2) is 30.7 Å². The van der Waals surface area contributed by atoms with Gasteiger partial charge in [0.15, 0.2) is 0 Å². The van der Waals surface area contributed by atoms with Crippen LogP contribution < -0.4 is 0 Å². The van der Waals surface area contributed by atoms with E-state index >= 15 is 0 Å². The third-order valence-electron chi connectivity index (χ3n) is 13.6. The number of halogens is 9. The van der Waals surface area contributed by atoms with Crippen LogP contribution in [-0.4, -0.2) is 6.15 Å². The van der Waals surface area contributed by atoms with Crippen molar-refractivity contribution in [3.05, 3.63) is 197 Å². The van der Waals surface area contributed by atoms with Gasteiger partial charge in [0.05, 0.1) is 44.3 Å². The molecule has 4 aromatic rings. The highest BCUT2D eigenvalue weighted by Gasteiger charge is 2.54. The molecule has 0 radical (unpaired) electrons. The molecule has 2 saturated carbocycles. The van der Waals surface area contributed by atoms with Crippen molar-refractivity contribution in [2.75, 3.05) is 0 Å². The average Bonchev–Trinajstić information content (AvgIpc) is 3.83. The number of hydrogen-bond acceptors (Lipinski definition) is 3. The lowest BCUT2D eigenvalue weighted by molar-refractivity contribution is -0.191. The molecule has 3 aromatic carbocycles. The molecular weight excluding hydrogens is 1120 g/mol. The van der Waals surface area contributed by atoms with E-state index in [1.165, 1.54) is 79.5 Å². The van der Waals surface area contributed by atoms with Gasteiger partial charge in [0, 0.05) is 14.7 Å². The second-order valence-electron chi connectivity index (χ2n) is 21.6. The zero-order valence-corrected chi connectivity index (χ0v) is 51.5. The zero-order chi connectivity index (χ0) is 60.3. The van der Waals surface area contributed by atoms with Crippen molar-refractivity contribution < 1.29 is 40.3 Å². The number of fused-ring (bicyclic) bond motifs is 4. The second-order valence-corrected chi connectivity index (χ2v) is 23.7. The number of aryl methyl sites for hydroxylation is 1. The normalized spacial score (nSPS) is 20.2. The molecule has 436 valence electrons. The number of hydrogen-bond donors (Lipinski definition) is 0. The van der Waals surface area contributed by atoms with Crippen molar-refractivity contribution in [3.8, 4) is 0 Å². The summed E-state index contributed by atoms with van der Waals surface area (Å²) >= 11 is 9.55. The summed E-state index contributed by atoms with van der Waals surface area (Å²) in [5, 5.41) is 3.08. The summed E-state index contributed by atoms with van der Waals surface area (Å²) in [6.07, 6.45) is 29.8. The minimum Gasteiger partial charge on any atom is -0.216 e. The molecule has 0 aliphatic heterocycles. The molecular formula is C67H87BrClF7O2S. The van der Waals surface area contributed by atoms with Crippen molar-refractivity contribution in [1.29, 1.82) is 0 Å². The monoisotopic (exact) mass is 1200 g/mol. The van der Waals surface area contributed by atoms with Gasteiger partial charge in [-0.3, -0.25) is 0 Å². The Labute approximate surface area is 487 Å². The maximum Gasteiger partial charge on any atom is 0.373 e. The van der Waals surface area contributed by atoms with E-state index in [1.807, 2.05) is 92.0 Å². The number of thiophene rings is 1. The summed E-state index contributed by atoms with van der Waals surface area (Å²) < 4.78 is 82.7. The summed E-state index contributed by atoms with van der Waals surface area (Å²) in [5.41, 5.74) is 7.77. The largest absolute Gasteiger partial charge is 0.373 e. The molecule has 0 amide bonds. The van der Waals surface area contributed by atoms with Crippen LogP contribution >= 0.6 is 38.9 Å². The van der Waals surface area contributed by atoms with Gasteiger partial charge in [-0.1, -0.05) is 186 Å². The molecule has 79 heavy (non-hydrogen) atoms. The first-order valence-electron chi connectivity index (χ1n) is 26.5. The van der Waals surface area contributed by atoms with Gasteiger partial charge in [-0.2, -0.15) is 9.59 Å². The standard InChI is InChI=1S/C20H31F.C11H21F.C10H7FS.C9H9F.C8H6BrF.C3H5F.C3H6.C2H2ClF.CO2/c1-18(2)9-5-10-20(4)16-8-11-19(3,12-13-21)14-15(16)6-7-17(18)20;1-10(7-9-12)6-5-8-11(2,3)4;11-6-5-8-7-12-10-4-2-1-3-9(8)10;1-8-2-4-9(5-3-8)6-7-10;9-8-3-1-7(2-4-8)5-6-10;1-2-3-4;1-3-2;3-1-2-4;2-1-3/h6,12-13,16-17H,5,7-11,14H2,1-4H3;7,9-10H,5-6,8H2,1-4H3;1-7H;2-7H,1H3;1-6H;2-3H,1H3;3H,1H2,2H3;1-2H;/b13-12+;9-7+;6-5+;7-6+;6-5+;3-2+;;2-1+;/t16-,17-,19+,20+;;;;;;;;/m0......../s1. The van der Waals surface area contributed by atoms with Crippen LogP contribution in [-0.2, 0) is 9.59 Å². The topological polar surface area (TPSA) is 34.1 Å². The number of allylic oxidation sites excluding steroid dienone is 6. The molecule has 2 fully saturated rings. The van der Waals surface area contributed by atoms with E-state index in [0.29, 0.717) is 53.8 Å². The predicted octanol–water partition coefficient (Wildman–Crippen LogP) is 24.7. The maximum absolute atomic E-state index is 12.7. The fourth-order valence-electron chi connectivity index (χ4n) is 9.81. The summed E-state index contributed by atoms with van der Waals surface area (Å²) in [6.45, 7) is 27.4. The van der Waals surface area contributed by atoms with Gasteiger partial charge in [-0.05, 0) is 182 Å². The molecule has 0 spiro atoms. The summed E-state index contributed by atoms with van der Waals surface area (Å²) in [7, 11) is 0. The fraction of sp³-hybridized carbons (Fsp3) is 0.418. The first-order valence-corrected chi connectivity index (χ1v) is 28.6. The van der Waals surface area contributed by atoms with E-state index in [1.54, 1.807) is 42.1 Å². The van der Waals surface area contributed by atoms with Gasteiger partial charge in [-0.15, -0.1) is 17.9 Å². The molecule has 5 atom stereocenters. The van der Waals surface area contributed by atoms with Crippen LogP contribution in [0.25, 0.3) is 28.3 Å². The lowest BCUT2D eigenvalue weighted by atomic mass is 9.46. The Morgan fingerprint density at radius 3 is 1.80 bits per heavy atom. The second kappa shape index (κ2) is 43.7. The van der Waals surface area contributed by atoms with Crippen molar-refractivity contribution in [2.45, 2.75) is 140 Å². The van der Waals surface area contributed by atoms with Crippen LogP contribution in [0.2, 0.25) is 0 Å². The van der Waals surface area contributed by atoms with Crippen molar-refractivity contribution >= 4 is 73.3 Å². The minimum absolute atomic E-state index is 0.0461. The molecule has 3 aliphatic carbocycles. The third kappa shape index (κ3) is 32.7. The summed E-state index contributed by atoms with van der Waals surface area (Å²) in [6, 6.07) is 23.1. The number of carbonyl (C=O) groups excluding carboxylic acids is 2. The Kier molecular flexibility index (Phi) is 42.0. The minimum atomic E-state index is 0.0461. The van der Waals surface area contributed by atoms with Crippen molar-refractivity contribution in [3.63, 3.8) is 0 Å². The Hall–Kier alpha value is -5.06. The molecule has 1 unspecified atom stereocenters. The number of rotatable bonds is 8. The van der Waals surface area contributed by atoms with Crippen LogP contribution in [0.3, 0.4) is 0 Å². The molecule has 0 N–H and O–H groups in total. The van der Waals surface area contributed by atoms with E-state index in [4.69, 9.17) is 9.59 Å². The van der Waals surface area contributed by atoms with Gasteiger partial charge in [0.2, 0.25) is 0 Å². The highest BCUT2D eigenvalue weighted by molar-refractivity contribution is 9.10. The molecule has 7 rings (SSSR count). The highest BCUT2D eigenvalue weighted by Crippen LogP contribution is 2.63. The van der Waals surface area contributed by atoms with Crippen LogP contribution in [0, 0.1) is 46.3 Å². The van der Waals surface area contributed by atoms with Gasteiger partial charge >= 0.3 is 6.15 Å².